The molecule has 1 aliphatic heterocycles. The molecule has 8 heteroatoms. The van der Waals surface area contributed by atoms with Gasteiger partial charge in [-0.1, -0.05) is 0 Å². The van der Waals surface area contributed by atoms with Gasteiger partial charge < -0.3 is 14.2 Å². The van der Waals surface area contributed by atoms with Crippen molar-refractivity contribution in [2.75, 3.05) is 26.2 Å². The van der Waals surface area contributed by atoms with Gasteiger partial charge >= 0.3 is 0 Å². The van der Waals surface area contributed by atoms with Crippen LogP contribution in [-0.4, -0.2) is 57.8 Å². The number of carbonyl (C=O) groups excluding carboxylic acids is 2. The van der Waals surface area contributed by atoms with Crippen LogP contribution in [0.2, 0.25) is 0 Å². The highest BCUT2D eigenvalue weighted by atomic mass is 32.1. The number of hydrogen-bond donors (Lipinski definition) is 0. The maximum Gasteiger partial charge on any atom is 0.289 e. The van der Waals surface area contributed by atoms with E-state index in [1.54, 1.807) is 34.3 Å². The van der Waals surface area contributed by atoms with Gasteiger partial charge in [-0.25, -0.2) is 4.98 Å². The summed E-state index contributed by atoms with van der Waals surface area (Å²) in [7, 11) is 0. The fourth-order valence-corrected chi connectivity index (χ4v) is 3.82. The van der Waals surface area contributed by atoms with Crippen LogP contribution in [0.5, 0.6) is 0 Å². The van der Waals surface area contributed by atoms with Crippen LogP contribution in [0.3, 0.4) is 0 Å². The smallest absolute Gasteiger partial charge is 0.289 e. The third-order valence-corrected chi connectivity index (χ3v) is 5.40. The van der Waals surface area contributed by atoms with Crippen molar-refractivity contribution in [3.63, 3.8) is 0 Å². The quantitative estimate of drug-likeness (QED) is 0.692. The normalized spacial score (nSPS) is 14.4. The first-order valence-corrected chi connectivity index (χ1v) is 9.54. The van der Waals surface area contributed by atoms with Crippen molar-refractivity contribution in [3.05, 3.63) is 59.8 Å². The minimum atomic E-state index is -0.131. The Labute approximate surface area is 160 Å². The summed E-state index contributed by atoms with van der Waals surface area (Å²) in [4.78, 5) is 36.9. The van der Waals surface area contributed by atoms with E-state index in [2.05, 4.69) is 9.97 Å². The fraction of sp³-hybridized carbons (Fsp3) is 0.263. The van der Waals surface area contributed by atoms with E-state index in [0.717, 1.165) is 16.3 Å². The molecule has 0 unspecified atom stereocenters. The summed E-state index contributed by atoms with van der Waals surface area (Å²) in [6.07, 6.45) is 5.21. The molecule has 4 rings (SSSR count). The molecule has 1 aliphatic rings. The molecule has 0 N–H and O–H groups in total. The molecule has 3 aromatic heterocycles. The Morgan fingerprint density at radius 3 is 2.52 bits per heavy atom. The molecule has 3 aromatic rings. The van der Waals surface area contributed by atoms with Gasteiger partial charge in [-0.3, -0.25) is 14.6 Å². The summed E-state index contributed by atoms with van der Waals surface area (Å²) < 4.78 is 5.16. The Morgan fingerprint density at radius 1 is 1.07 bits per heavy atom. The third-order valence-electron chi connectivity index (χ3n) is 4.46. The van der Waals surface area contributed by atoms with Crippen LogP contribution in [0.25, 0.3) is 10.6 Å². The first kappa shape index (κ1) is 17.4. The van der Waals surface area contributed by atoms with E-state index in [0.29, 0.717) is 31.9 Å². The molecule has 0 saturated carbocycles. The Hall–Kier alpha value is -3.00. The number of rotatable bonds is 4. The van der Waals surface area contributed by atoms with Crippen molar-refractivity contribution in [2.24, 2.45) is 0 Å². The highest BCUT2D eigenvalue weighted by Gasteiger charge is 2.26. The molecule has 0 atom stereocenters. The van der Waals surface area contributed by atoms with Crippen molar-refractivity contribution in [1.82, 2.24) is 19.8 Å². The lowest BCUT2D eigenvalue weighted by Crippen LogP contribution is -2.50. The molecule has 1 fully saturated rings. The first-order chi connectivity index (χ1) is 13.2. The van der Waals surface area contributed by atoms with Gasteiger partial charge in [0.2, 0.25) is 5.91 Å². The van der Waals surface area contributed by atoms with Crippen LogP contribution in [-0.2, 0) is 11.2 Å². The van der Waals surface area contributed by atoms with Crippen LogP contribution < -0.4 is 0 Å². The highest BCUT2D eigenvalue weighted by Crippen LogP contribution is 2.23. The van der Waals surface area contributed by atoms with E-state index < -0.39 is 0 Å². The summed E-state index contributed by atoms with van der Waals surface area (Å²) in [6, 6.07) is 7.16. The molecule has 4 heterocycles. The Balaban J connectivity index is 1.32. The standard InChI is InChI=1S/C19H18N4O3S/c24-17(12-15-13-27-18(21-15)14-3-5-20-6-4-14)22-7-9-23(10-8-22)19(25)16-2-1-11-26-16/h1-6,11,13H,7-10,12H2. The number of hydrogen-bond acceptors (Lipinski definition) is 6. The van der Waals surface area contributed by atoms with E-state index >= 15 is 0 Å². The summed E-state index contributed by atoms with van der Waals surface area (Å²) >= 11 is 1.52. The van der Waals surface area contributed by atoms with Crippen LogP contribution in [0, 0.1) is 0 Å². The lowest BCUT2D eigenvalue weighted by atomic mass is 10.2. The summed E-state index contributed by atoms with van der Waals surface area (Å²) in [6.45, 7) is 2.05. The lowest BCUT2D eigenvalue weighted by Gasteiger charge is -2.34. The van der Waals surface area contributed by atoms with Crippen molar-refractivity contribution in [1.29, 1.82) is 0 Å². The molecule has 138 valence electrons. The molecule has 2 amide bonds. The minimum Gasteiger partial charge on any atom is -0.459 e. The van der Waals surface area contributed by atoms with Crippen molar-refractivity contribution >= 4 is 23.2 Å². The van der Waals surface area contributed by atoms with Crippen LogP contribution in [0.1, 0.15) is 16.2 Å². The number of piperazine rings is 1. The van der Waals surface area contributed by atoms with E-state index in [1.807, 2.05) is 17.5 Å². The maximum absolute atomic E-state index is 12.6. The zero-order valence-electron chi connectivity index (χ0n) is 14.6. The van der Waals surface area contributed by atoms with Crippen molar-refractivity contribution in [3.8, 4) is 10.6 Å². The number of aromatic nitrogens is 2. The number of nitrogens with zero attached hydrogens (tertiary/aromatic N) is 4. The lowest BCUT2D eigenvalue weighted by molar-refractivity contribution is -0.132. The zero-order valence-corrected chi connectivity index (χ0v) is 15.4. The predicted molar refractivity (Wildman–Crippen MR) is 100 cm³/mol. The Bertz CT molecular complexity index is 916. The molecular formula is C19H18N4O3S. The van der Waals surface area contributed by atoms with Gasteiger partial charge in [-0.05, 0) is 24.3 Å². The van der Waals surface area contributed by atoms with Crippen molar-refractivity contribution < 1.29 is 14.0 Å². The second-order valence-corrected chi connectivity index (χ2v) is 7.07. The molecule has 1 saturated heterocycles. The zero-order chi connectivity index (χ0) is 18.6. The van der Waals surface area contributed by atoms with Gasteiger partial charge in [0.25, 0.3) is 5.91 Å². The summed E-state index contributed by atoms with van der Waals surface area (Å²) in [5, 5.41) is 2.80. The first-order valence-electron chi connectivity index (χ1n) is 8.66. The summed E-state index contributed by atoms with van der Waals surface area (Å²) in [5.74, 6) is 0.237. The van der Waals surface area contributed by atoms with E-state index in [4.69, 9.17) is 4.42 Å². The molecular weight excluding hydrogens is 364 g/mol. The molecule has 0 bridgehead atoms. The minimum absolute atomic E-state index is 0.0340. The van der Waals surface area contributed by atoms with Gasteiger partial charge in [0.15, 0.2) is 5.76 Å². The van der Waals surface area contributed by atoms with E-state index in [9.17, 15) is 9.59 Å². The number of thiazole rings is 1. The van der Waals surface area contributed by atoms with Gasteiger partial charge in [0.1, 0.15) is 5.01 Å². The highest BCUT2D eigenvalue weighted by molar-refractivity contribution is 7.13. The summed E-state index contributed by atoms with van der Waals surface area (Å²) in [5.41, 5.74) is 1.77. The fourth-order valence-electron chi connectivity index (χ4n) is 3.00. The largest absolute Gasteiger partial charge is 0.459 e. The van der Waals surface area contributed by atoms with E-state index in [-0.39, 0.29) is 18.2 Å². The second kappa shape index (κ2) is 7.71. The van der Waals surface area contributed by atoms with E-state index in [1.165, 1.54) is 17.6 Å². The number of pyridine rings is 1. The van der Waals surface area contributed by atoms with Crippen LogP contribution in [0.4, 0.5) is 0 Å². The second-order valence-electron chi connectivity index (χ2n) is 6.21. The Morgan fingerprint density at radius 2 is 1.81 bits per heavy atom. The molecule has 27 heavy (non-hydrogen) atoms. The molecule has 0 aliphatic carbocycles. The van der Waals surface area contributed by atoms with Gasteiger partial charge in [0.05, 0.1) is 18.4 Å². The van der Waals surface area contributed by atoms with Gasteiger partial charge in [-0.15, -0.1) is 11.3 Å². The molecule has 0 spiro atoms. The van der Waals surface area contributed by atoms with Gasteiger partial charge in [-0.2, -0.15) is 0 Å². The average Bonchev–Trinajstić information content (AvgIpc) is 3.40. The molecule has 7 nitrogen and oxygen atoms in total. The average molecular weight is 382 g/mol. The molecule has 0 radical (unpaired) electrons. The number of carbonyl (C=O) groups is 2. The SMILES string of the molecule is O=C(Cc1csc(-c2ccncc2)n1)N1CCN(C(=O)c2ccco2)CC1. The Kier molecular flexibility index (Phi) is 4.97. The molecule has 0 aromatic carbocycles. The number of furan rings is 1. The maximum atomic E-state index is 12.6. The van der Waals surface area contributed by atoms with Crippen LogP contribution >= 0.6 is 11.3 Å². The third kappa shape index (κ3) is 3.90. The topological polar surface area (TPSA) is 79.5 Å². The van der Waals surface area contributed by atoms with Crippen molar-refractivity contribution in [2.45, 2.75) is 6.42 Å². The van der Waals surface area contributed by atoms with Crippen LogP contribution in [0.15, 0.2) is 52.7 Å². The number of amides is 2. The van der Waals surface area contributed by atoms with Gasteiger partial charge in [0, 0.05) is 49.5 Å². The predicted octanol–water partition coefficient (Wildman–Crippen LogP) is 2.33. The monoisotopic (exact) mass is 382 g/mol.